The lowest BCUT2D eigenvalue weighted by Crippen LogP contribution is -2.52. The second-order valence-corrected chi connectivity index (χ2v) is 9.43. The van der Waals surface area contributed by atoms with Crippen molar-refractivity contribution in [2.75, 3.05) is 0 Å². The molecule has 4 bridgehead atoms. The van der Waals surface area contributed by atoms with Crippen LogP contribution in [0.1, 0.15) is 80.7 Å². The second-order valence-electron chi connectivity index (χ2n) is 9.43. The normalized spacial score (nSPS) is 31.6. The summed E-state index contributed by atoms with van der Waals surface area (Å²) in [7, 11) is 0. The van der Waals surface area contributed by atoms with Crippen molar-refractivity contribution in [2.45, 2.75) is 78.2 Å². The Balaban J connectivity index is 1.33. The third-order valence-electron chi connectivity index (χ3n) is 7.16. The molecule has 4 saturated carbocycles. The average molecular weight is 386 g/mol. The molecule has 5 heteroatoms. The molecule has 4 aliphatic carbocycles. The summed E-state index contributed by atoms with van der Waals surface area (Å²) < 4.78 is 11.1. The van der Waals surface area contributed by atoms with Gasteiger partial charge in [0.25, 0.3) is 0 Å². The molecule has 0 unspecified atom stereocenters. The molecule has 28 heavy (non-hydrogen) atoms. The van der Waals surface area contributed by atoms with Gasteiger partial charge >= 0.3 is 5.97 Å². The van der Waals surface area contributed by atoms with Gasteiger partial charge in [-0.2, -0.15) is 0 Å². The van der Waals surface area contributed by atoms with E-state index in [1.807, 2.05) is 0 Å². The Hall–Kier alpha value is -1.91. The van der Waals surface area contributed by atoms with Gasteiger partial charge in [-0.25, -0.2) is 0 Å². The molecule has 0 aliphatic heterocycles. The zero-order valence-corrected chi connectivity index (χ0v) is 17.1. The predicted octanol–water partition coefficient (Wildman–Crippen LogP) is 4.44. The monoisotopic (exact) mass is 386 g/mol. The SMILES string of the molecule is CC(=O)c1cc(CCC(=O)O[C@@H](C)C(=O)C23CC4CC(CC(C4)C2)C3)oc1C. The van der Waals surface area contributed by atoms with E-state index in [0.717, 1.165) is 19.3 Å². The summed E-state index contributed by atoms with van der Waals surface area (Å²) >= 11 is 0. The third kappa shape index (κ3) is 3.56. The van der Waals surface area contributed by atoms with Crippen molar-refractivity contribution < 1.29 is 23.5 Å². The van der Waals surface area contributed by atoms with Crippen LogP contribution in [0.3, 0.4) is 0 Å². The number of aryl methyl sites for hydroxylation is 2. The van der Waals surface area contributed by atoms with Gasteiger partial charge < -0.3 is 9.15 Å². The van der Waals surface area contributed by atoms with Crippen molar-refractivity contribution in [2.24, 2.45) is 23.2 Å². The number of Topliss-reactive ketones (excluding diaryl/α,β-unsaturated/α-hetero) is 2. The molecule has 1 aromatic rings. The fraction of sp³-hybridized carbons (Fsp3) is 0.696. The van der Waals surface area contributed by atoms with E-state index in [9.17, 15) is 14.4 Å². The highest BCUT2D eigenvalue weighted by Gasteiger charge is 2.55. The van der Waals surface area contributed by atoms with E-state index in [1.54, 1.807) is 19.9 Å². The quantitative estimate of drug-likeness (QED) is 0.512. The first-order valence-electron chi connectivity index (χ1n) is 10.6. The first-order chi connectivity index (χ1) is 13.3. The van der Waals surface area contributed by atoms with Crippen molar-refractivity contribution in [3.63, 3.8) is 0 Å². The molecule has 1 heterocycles. The Bertz CT molecular complexity index is 767. The Morgan fingerprint density at radius 3 is 2.21 bits per heavy atom. The molecule has 1 aromatic heterocycles. The van der Waals surface area contributed by atoms with Crippen molar-refractivity contribution in [3.8, 4) is 0 Å². The zero-order valence-electron chi connectivity index (χ0n) is 17.1. The van der Waals surface area contributed by atoms with Crippen LogP contribution in [0.15, 0.2) is 10.5 Å². The van der Waals surface area contributed by atoms with E-state index in [4.69, 9.17) is 9.15 Å². The summed E-state index contributed by atoms with van der Waals surface area (Å²) in [6.45, 7) is 4.96. The zero-order chi connectivity index (χ0) is 20.1. The number of hydrogen-bond donors (Lipinski definition) is 0. The predicted molar refractivity (Wildman–Crippen MR) is 103 cm³/mol. The molecule has 5 nitrogen and oxygen atoms in total. The summed E-state index contributed by atoms with van der Waals surface area (Å²) in [5.41, 5.74) is 0.303. The lowest BCUT2D eigenvalue weighted by Gasteiger charge is -2.56. The highest BCUT2D eigenvalue weighted by atomic mass is 16.5. The first-order valence-corrected chi connectivity index (χ1v) is 10.6. The van der Waals surface area contributed by atoms with Crippen molar-refractivity contribution >= 4 is 17.5 Å². The minimum atomic E-state index is -0.685. The molecule has 4 aliphatic rings. The van der Waals surface area contributed by atoms with E-state index in [0.29, 0.717) is 41.3 Å². The summed E-state index contributed by atoms with van der Waals surface area (Å²) in [6.07, 6.45) is 6.63. The Labute approximate surface area is 166 Å². The molecule has 0 N–H and O–H groups in total. The standard InChI is InChI=1S/C23H30O5/c1-13(24)20-9-19(27-14(20)2)4-5-21(25)28-15(3)22(26)23-10-16-6-17(11-23)8-18(7-16)12-23/h9,15-18H,4-8,10-12H2,1-3H3/t15-,16?,17?,18?,23?/m0/s1. The Morgan fingerprint density at radius 2 is 1.71 bits per heavy atom. The van der Waals surface area contributed by atoms with Gasteiger partial charge in [0.05, 0.1) is 12.0 Å². The molecule has 0 amide bonds. The largest absolute Gasteiger partial charge is 0.466 e. The van der Waals surface area contributed by atoms with E-state index < -0.39 is 6.10 Å². The van der Waals surface area contributed by atoms with Crippen LogP contribution in [0.4, 0.5) is 0 Å². The van der Waals surface area contributed by atoms with Gasteiger partial charge in [0.2, 0.25) is 0 Å². The van der Waals surface area contributed by atoms with Crippen LogP contribution < -0.4 is 0 Å². The van der Waals surface area contributed by atoms with Crippen LogP contribution in [0.2, 0.25) is 0 Å². The molecular weight excluding hydrogens is 356 g/mol. The number of furan rings is 1. The van der Waals surface area contributed by atoms with Crippen LogP contribution in [0.5, 0.6) is 0 Å². The van der Waals surface area contributed by atoms with Crippen LogP contribution >= 0.6 is 0 Å². The molecule has 5 rings (SSSR count). The number of ketones is 2. The van der Waals surface area contributed by atoms with Gasteiger partial charge in [-0.3, -0.25) is 14.4 Å². The number of carbonyl (C=O) groups is 3. The van der Waals surface area contributed by atoms with Gasteiger partial charge in [-0.1, -0.05) is 0 Å². The third-order valence-corrected chi connectivity index (χ3v) is 7.16. The molecule has 1 atom stereocenters. The van der Waals surface area contributed by atoms with Crippen molar-refractivity contribution in [1.29, 1.82) is 0 Å². The number of esters is 1. The minimum Gasteiger partial charge on any atom is -0.466 e. The molecule has 0 aromatic carbocycles. The highest BCUT2D eigenvalue weighted by molar-refractivity contribution is 5.95. The van der Waals surface area contributed by atoms with Crippen LogP contribution in [0.25, 0.3) is 0 Å². The maximum Gasteiger partial charge on any atom is 0.306 e. The van der Waals surface area contributed by atoms with Gasteiger partial charge in [-0.05, 0) is 83.1 Å². The Kier molecular flexibility index (Phi) is 4.96. The van der Waals surface area contributed by atoms with Crippen LogP contribution in [-0.4, -0.2) is 23.6 Å². The van der Waals surface area contributed by atoms with Gasteiger partial charge in [0, 0.05) is 11.8 Å². The van der Waals surface area contributed by atoms with Crippen LogP contribution in [0, 0.1) is 30.1 Å². The maximum atomic E-state index is 13.2. The van der Waals surface area contributed by atoms with Gasteiger partial charge in [-0.15, -0.1) is 0 Å². The van der Waals surface area contributed by atoms with Crippen molar-refractivity contribution in [3.05, 3.63) is 23.2 Å². The summed E-state index contributed by atoms with van der Waals surface area (Å²) in [6, 6.07) is 1.69. The van der Waals surface area contributed by atoms with E-state index in [1.165, 1.54) is 26.2 Å². The summed E-state index contributed by atoms with van der Waals surface area (Å²) in [5, 5.41) is 0. The lowest BCUT2D eigenvalue weighted by molar-refractivity contribution is -0.165. The second kappa shape index (κ2) is 7.16. The lowest BCUT2D eigenvalue weighted by atomic mass is 9.48. The highest BCUT2D eigenvalue weighted by Crippen LogP contribution is 2.60. The topological polar surface area (TPSA) is 73.6 Å². The molecule has 152 valence electrons. The fourth-order valence-electron chi connectivity index (χ4n) is 6.39. The van der Waals surface area contributed by atoms with E-state index >= 15 is 0 Å². The van der Waals surface area contributed by atoms with Gasteiger partial charge in [0.15, 0.2) is 17.7 Å². The summed E-state index contributed by atoms with van der Waals surface area (Å²) in [5.74, 6) is 2.93. The first kappa shape index (κ1) is 19.4. The molecule has 0 saturated heterocycles. The van der Waals surface area contributed by atoms with Crippen LogP contribution in [-0.2, 0) is 20.7 Å². The molecular formula is C23H30O5. The Morgan fingerprint density at radius 1 is 1.14 bits per heavy atom. The van der Waals surface area contributed by atoms with E-state index in [2.05, 4.69) is 0 Å². The number of ether oxygens (including phenoxy) is 1. The summed E-state index contributed by atoms with van der Waals surface area (Å²) in [4.78, 5) is 37.0. The molecule has 0 radical (unpaired) electrons. The molecule has 4 fully saturated rings. The van der Waals surface area contributed by atoms with E-state index in [-0.39, 0.29) is 29.4 Å². The molecule has 0 spiro atoms. The van der Waals surface area contributed by atoms with Crippen molar-refractivity contribution in [1.82, 2.24) is 0 Å². The minimum absolute atomic E-state index is 0.0510. The average Bonchev–Trinajstić information content (AvgIpc) is 2.99. The number of rotatable bonds is 7. The maximum absolute atomic E-state index is 13.2. The number of carbonyl (C=O) groups excluding carboxylic acids is 3. The smallest absolute Gasteiger partial charge is 0.306 e. The van der Waals surface area contributed by atoms with Gasteiger partial charge in [0.1, 0.15) is 11.5 Å². The fourth-order valence-corrected chi connectivity index (χ4v) is 6.39. The number of hydrogen-bond acceptors (Lipinski definition) is 5.